The molecule has 0 spiro atoms. The van der Waals surface area contributed by atoms with E-state index < -0.39 is 6.04 Å². The van der Waals surface area contributed by atoms with E-state index in [1.165, 1.54) is 0 Å². The van der Waals surface area contributed by atoms with E-state index in [9.17, 15) is 0 Å². The van der Waals surface area contributed by atoms with Crippen LogP contribution >= 0.6 is 0 Å². The van der Waals surface area contributed by atoms with Gasteiger partial charge >= 0.3 is 0 Å². The molecule has 3 aromatic heterocycles. The smallest absolute Gasteiger partial charge is 0.167 e. The predicted octanol–water partition coefficient (Wildman–Crippen LogP) is 3.71. The molecule has 0 bridgehead atoms. The third kappa shape index (κ3) is 3.16. The Hall–Kier alpha value is -3.56. The molecular formula is C21H17N5O. The first-order valence-corrected chi connectivity index (χ1v) is 8.59. The van der Waals surface area contributed by atoms with E-state index in [0.29, 0.717) is 12.1 Å². The van der Waals surface area contributed by atoms with Crippen LogP contribution in [0.2, 0.25) is 0 Å². The van der Waals surface area contributed by atoms with Crippen molar-refractivity contribution < 1.29 is 4.52 Å². The van der Waals surface area contributed by atoms with Crippen molar-refractivity contribution in [1.82, 2.24) is 15.1 Å². The summed E-state index contributed by atoms with van der Waals surface area (Å²) in [7, 11) is 0. The zero-order valence-electron chi connectivity index (χ0n) is 14.8. The molecule has 0 saturated carbocycles. The van der Waals surface area contributed by atoms with Gasteiger partial charge in [0, 0.05) is 29.3 Å². The Balaban J connectivity index is 1.74. The van der Waals surface area contributed by atoms with E-state index in [-0.39, 0.29) is 0 Å². The number of nitrogens with zero attached hydrogens (tertiary/aromatic N) is 4. The number of pyridine rings is 2. The number of rotatable bonds is 4. The number of aromatic nitrogens is 3. The highest BCUT2D eigenvalue weighted by Crippen LogP contribution is 2.32. The molecule has 6 heteroatoms. The van der Waals surface area contributed by atoms with Crippen LogP contribution in [-0.2, 0) is 6.42 Å². The van der Waals surface area contributed by atoms with Crippen molar-refractivity contribution in [2.45, 2.75) is 19.4 Å². The van der Waals surface area contributed by atoms with Gasteiger partial charge in [-0.25, -0.2) is 4.98 Å². The van der Waals surface area contributed by atoms with Gasteiger partial charge in [0.05, 0.1) is 11.7 Å². The van der Waals surface area contributed by atoms with Crippen molar-refractivity contribution in [2.24, 2.45) is 5.73 Å². The largest absolute Gasteiger partial charge is 0.356 e. The van der Waals surface area contributed by atoms with Crippen LogP contribution in [0.5, 0.6) is 0 Å². The van der Waals surface area contributed by atoms with Crippen LogP contribution in [-0.4, -0.2) is 15.1 Å². The number of fused-ring (bicyclic) bond motifs is 1. The number of benzene rings is 1. The van der Waals surface area contributed by atoms with Crippen LogP contribution in [0, 0.1) is 18.3 Å². The summed E-state index contributed by atoms with van der Waals surface area (Å²) in [6.45, 7) is 1.96. The van der Waals surface area contributed by atoms with Gasteiger partial charge in [0.25, 0.3) is 0 Å². The number of hydrogen-bond donors (Lipinski definition) is 1. The minimum atomic E-state index is -0.392. The second kappa shape index (κ2) is 6.98. The lowest BCUT2D eigenvalue weighted by atomic mass is 9.98. The Labute approximate surface area is 156 Å². The molecule has 1 aromatic carbocycles. The zero-order valence-corrected chi connectivity index (χ0v) is 14.8. The zero-order chi connectivity index (χ0) is 18.8. The summed E-state index contributed by atoms with van der Waals surface area (Å²) in [4.78, 5) is 8.91. The number of para-hydroxylation sites is 1. The first kappa shape index (κ1) is 16.9. The van der Waals surface area contributed by atoms with Gasteiger partial charge in [-0.15, -0.1) is 0 Å². The first-order valence-electron chi connectivity index (χ1n) is 8.59. The molecule has 0 aliphatic heterocycles. The second-order valence-electron chi connectivity index (χ2n) is 6.35. The number of aryl methyl sites for hydroxylation is 1. The van der Waals surface area contributed by atoms with Crippen LogP contribution in [0.1, 0.15) is 28.7 Å². The van der Waals surface area contributed by atoms with Crippen LogP contribution in [0.3, 0.4) is 0 Å². The Morgan fingerprint density at radius 1 is 1.15 bits per heavy atom. The molecule has 0 unspecified atom stereocenters. The fourth-order valence-electron chi connectivity index (χ4n) is 3.14. The summed E-state index contributed by atoms with van der Waals surface area (Å²) in [5.74, 6) is 0. The summed E-state index contributed by atoms with van der Waals surface area (Å²) in [5.41, 5.74) is 11.7. The van der Waals surface area contributed by atoms with Crippen molar-refractivity contribution in [1.29, 1.82) is 5.26 Å². The second-order valence-corrected chi connectivity index (χ2v) is 6.35. The number of nitriles is 1. The number of hydrogen-bond acceptors (Lipinski definition) is 6. The molecule has 3 heterocycles. The van der Waals surface area contributed by atoms with Gasteiger partial charge in [0.15, 0.2) is 5.58 Å². The van der Waals surface area contributed by atoms with Crippen molar-refractivity contribution in [3.05, 3.63) is 77.4 Å². The molecule has 0 fully saturated rings. The standard InChI is InChI=1S/C21H17N5O/c1-13-8-9-14(12-22)25-18(13)11-17(23)21-16(6-4-10-24-21)20-15-5-2-3-7-19(15)27-26-20/h2-10,17H,11,23H2,1H3/t17-/m0/s1. The Bertz CT molecular complexity index is 1160. The summed E-state index contributed by atoms with van der Waals surface area (Å²) in [6, 6.07) is 16.8. The van der Waals surface area contributed by atoms with Gasteiger partial charge in [-0.3, -0.25) is 4.98 Å². The molecule has 132 valence electrons. The van der Waals surface area contributed by atoms with Gasteiger partial charge < -0.3 is 10.3 Å². The maximum Gasteiger partial charge on any atom is 0.167 e. The summed E-state index contributed by atoms with van der Waals surface area (Å²) >= 11 is 0. The lowest BCUT2D eigenvalue weighted by molar-refractivity contribution is 0.459. The van der Waals surface area contributed by atoms with E-state index in [4.69, 9.17) is 15.5 Å². The van der Waals surface area contributed by atoms with E-state index >= 15 is 0 Å². The van der Waals surface area contributed by atoms with Crippen LogP contribution in [0.25, 0.3) is 22.2 Å². The van der Waals surface area contributed by atoms with Gasteiger partial charge in [0.2, 0.25) is 0 Å². The fraction of sp³-hybridized carbons (Fsp3) is 0.143. The Morgan fingerprint density at radius 2 is 2.00 bits per heavy atom. The third-order valence-electron chi connectivity index (χ3n) is 4.55. The highest BCUT2D eigenvalue weighted by Gasteiger charge is 2.20. The van der Waals surface area contributed by atoms with Crippen molar-refractivity contribution >= 4 is 11.0 Å². The molecule has 0 saturated heterocycles. The first-order chi connectivity index (χ1) is 13.2. The van der Waals surface area contributed by atoms with Crippen molar-refractivity contribution in [3.63, 3.8) is 0 Å². The van der Waals surface area contributed by atoms with Crippen molar-refractivity contribution in [2.75, 3.05) is 0 Å². The van der Waals surface area contributed by atoms with Crippen LogP contribution in [0.15, 0.2) is 59.3 Å². The molecule has 0 amide bonds. The minimum absolute atomic E-state index is 0.381. The molecule has 27 heavy (non-hydrogen) atoms. The maximum atomic E-state index is 9.10. The molecule has 2 N–H and O–H groups in total. The highest BCUT2D eigenvalue weighted by molar-refractivity contribution is 5.92. The Kier molecular flexibility index (Phi) is 4.37. The minimum Gasteiger partial charge on any atom is -0.356 e. The van der Waals surface area contributed by atoms with Crippen molar-refractivity contribution in [3.8, 4) is 17.3 Å². The average Bonchev–Trinajstić information content (AvgIpc) is 3.13. The summed E-state index contributed by atoms with van der Waals surface area (Å²) in [5, 5.41) is 14.2. The summed E-state index contributed by atoms with van der Waals surface area (Å²) < 4.78 is 5.44. The van der Waals surface area contributed by atoms with E-state index in [1.807, 2.05) is 49.4 Å². The van der Waals surface area contributed by atoms with E-state index in [2.05, 4.69) is 21.2 Å². The quantitative estimate of drug-likeness (QED) is 0.599. The third-order valence-corrected chi connectivity index (χ3v) is 4.55. The van der Waals surface area contributed by atoms with Crippen LogP contribution in [0.4, 0.5) is 0 Å². The highest BCUT2D eigenvalue weighted by atomic mass is 16.5. The fourth-order valence-corrected chi connectivity index (χ4v) is 3.14. The normalized spacial score (nSPS) is 12.0. The lowest BCUT2D eigenvalue weighted by Crippen LogP contribution is -2.17. The van der Waals surface area contributed by atoms with Gasteiger partial charge in [-0.1, -0.05) is 23.4 Å². The monoisotopic (exact) mass is 355 g/mol. The van der Waals surface area contributed by atoms with Crippen LogP contribution < -0.4 is 5.73 Å². The topological polar surface area (TPSA) is 102 Å². The molecule has 6 nitrogen and oxygen atoms in total. The van der Waals surface area contributed by atoms with Gasteiger partial charge in [-0.2, -0.15) is 5.26 Å². The SMILES string of the molecule is Cc1ccc(C#N)nc1C[C@H](N)c1ncccc1-c1noc2ccccc12. The molecule has 1 atom stereocenters. The summed E-state index contributed by atoms with van der Waals surface area (Å²) in [6.07, 6.45) is 2.19. The van der Waals surface area contributed by atoms with E-state index in [0.717, 1.165) is 39.2 Å². The molecule has 4 rings (SSSR count). The Morgan fingerprint density at radius 3 is 2.85 bits per heavy atom. The average molecular weight is 355 g/mol. The van der Waals surface area contributed by atoms with Gasteiger partial charge in [0.1, 0.15) is 17.5 Å². The molecule has 4 aromatic rings. The van der Waals surface area contributed by atoms with E-state index in [1.54, 1.807) is 12.3 Å². The predicted molar refractivity (Wildman–Crippen MR) is 102 cm³/mol. The number of nitrogens with two attached hydrogens (primary N) is 1. The lowest BCUT2D eigenvalue weighted by Gasteiger charge is -2.15. The molecule has 0 radical (unpaired) electrons. The maximum absolute atomic E-state index is 9.10. The molecule has 0 aliphatic carbocycles. The molecular weight excluding hydrogens is 338 g/mol. The molecule has 0 aliphatic rings. The van der Waals surface area contributed by atoms with Gasteiger partial charge in [-0.05, 0) is 42.8 Å².